The third-order valence-corrected chi connectivity index (χ3v) is 12.3. The van der Waals surface area contributed by atoms with Gasteiger partial charge in [0, 0.05) is 22.1 Å². The Morgan fingerprint density at radius 3 is 1.61 bits per heavy atom. The van der Waals surface area contributed by atoms with Gasteiger partial charge in [-0.3, -0.25) is 0 Å². The topological polar surface area (TPSA) is 25.8 Å². The monoisotopic (exact) mass is 752 g/mol. The molecule has 0 N–H and O–H groups in total. The molecule has 59 heavy (non-hydrogen) atoms. The third kappa shape index (κ3) is 5.96. The van der Waals surface area contributed by atoms with E-state index in [0.29, 0.717) is 5.82 Å². The van der Waals surface area contributed by atoms with Crippen LogP contribution in [0.2, 0.25) is 0 Å². The van der Waals surface area contributed by atoms with Crippen LogP contribution >= 0.6 is 0 Å². The molecule has 0 atom stereocenters. The van der Waals surface area contributed by atoms with Gasteiger partial charge in [0.2, 0.25) is 0 Å². The quantitative estimate of drug-likeness (QED) is 0.169. The van der Waals surface area contributed by atoms with Crippen molar-refractivity contribution in [2.45, 2.75) is 19.3 Å². The van der Waals surface area contributed by atoms with Gasteiger partial charge in [-0.15, -0.1) is 0 Å². The maximum atomic E-state index is 5.19. The Balaban J connectivity index is 1.02. The van der Waals surface area contributed by atoms with Crippen LogP contribution < -0.4 is 0 Å². The molecule has 2 heteroatoms. The molecule has 0 radical (unpaired) electrons. The molecule has 1 aromatic heterocycles. The lowest BCUT2D eigenvalue weighted by Crippen LogP contribution is -2.14. The first kappa shape index (κ1) is 34.8. The summed E-state index contributed by atoms with van der Waals surface area (Å²) >= 11 is 0. The molecule has 1 aliphatic rings. The SMILES string of the molecule is CC1(C)c2cc3ccccc3cc2-c2c(-c3ccc(-c4cccc(-c5cc(-c6ccc(-c7ccccc7)cc6)nc(-c6ccccc6)n5)c4)c4ccccc34)cccc21. The summed E-state index contributed by atoms with van der Waals surface area (Å²) < 4.78 is 0. The predicted molar refractivity (Wildman–Crippen MR) is 247 cm³/mol. The summed E-state index contributed by atoms with van der Waals surface area (Å²) in [6, 6.07) is 74.3. The summed E-state index contributed by atoms with van der Waals surface area (Å²) in [5.41, 5.74) is 17.5. The van der Waals surface area contributed by atoms with Crippen molar-refractivity contribution in [1.29, 1.82) is 0 Å². The Bertz CT molecular complexity index is 3220. The van der Waals surface area contributed by atoms with Crippen molar-refractivity contribution in [1.82, 2.24) is 9.97 Å². The number of nitrogens with zero attached hydrogens (tertiary/aromatic N) is 2. The highest BCUT2D eigenvalue weighted by molar-refractivity contribution is 6.09. The molecule has 2 nitrogen and oxygen atoms in total. The number of hydrogen-bond donors (Lipinski definition) is 0. The van der Waals surface area contributed by atoms with Crippen LogP contribution in [0.4, 0.5) is 0 Å². The second-order valence-electron chi connectivity index (χ2n) is 16.2. The molecule has 278 valence electrons. The van der Waals surface area contributed by atoms with Gasteiger partial charge in [0.25, 0.3) is 0 Å². The van der Waals surface area contributed by atoms with Crippen molar-refractivity contribution in [2.24, 2.45) is 0 Å². The molecule has 0 unspecified atom stereocenters. The van der Waals surface area contributed by atoms with E-state index < -0.39 is 0 Å². The van der Waals surface area contributed by atoms with Gasteiger partial charge >= 0.3 is 0 Å². The van der Waals surface area contributed by atoms with E-state index in [1.807, 2.05) is 18.2 Å². The molecule has 10 aromatic rings. The average Bonchev–Trinajstić information content (AvgIpc) is 3.53. The third-order valence-electron chi connectivity index (χ3n) is 12.3. The van der Waals surface area contributed by atoms with Gasteiger partial charge < -0.3 is 0 Å². The van der Waals surface area contributed by atoms with Gasteiger partial charge in [0.15, 0.2) is 5.82 Å². The first-order valence-corrected chi connectivity index (χ1v) is 20.4. The maximum absolute atomic E-state index is 5.19. The number of aromatic nitrogens is 2. The molecule has 0 saturated carbocycles. The van der Waals surface area contributed by atoms with E-state index >= 15 is 0 Å². The van der Waals surface area contributed by atoms with Crippen molar-refractivity contribution in [3.63, 3.8) is 0 Å². The number of rotatable bonds is 6. The normalized spacial score (nSPS) is 12.7. The Morgan fingerprint density at radius 1 is 0.322 bits per heavy atom. The first-order chi connectivity index (χ1) is 29.0. The molecule has 0 spiro atoms. The number of fused-ring (bicyclic) bond motifs is 5. The fourth-order valence-corrected chi connectivity index (χ4v) is 9.25. The smallest absolute Gasteiger partial charge is 0.160 e. The summed E-state index contributed by atoms with van der Waals surface area (Å²) in [7, 11) is 0. The largest absolute Gasteiger partial charge is 0.228 e. The zero-order chi connectivity index (χ0) is 39.5. The highest BCUT2D eigenvalue weighted by Gasteiger charge is 2.37. The van der Waals surface area contributed by atoms with Gasteiger partial charge in [0.05, 0.1) is 11.4 Å². The van der Waals surface area contributed by atoms with E-state index in [4.69, 9.17) is 9.97 Å². The summed E-state index contributed by atoms with van der Waals surface area (Å²) in [4.78, 5) is 10.3. The zero-order valence-corrected chi connectivity index (χ0v) is 33.0. The fourth-order valence-electron chi connectivity index (χ4n) is 9.25. The molecule has 0 amide bonds. The van der Waals surface area contributed by atoms with Crippen molar-refractivity contribution in [3.8, 4) is 78.4 Å². The van der Waals surface area contributed by atoms with Crippen molar-refractivity contribution >= 4 is 21.5 Å². The van der Waals surface area contributed by atoms with Crippen LogP contribution in [0.3, 0.4) is 0 Å². The molecule has 1 heterocycles. The Labute approximate surface area is 345 Å². The highest BCUT2D eigenvalue weighted by atomic mass is 14.9. The van der Waals surface area contributed by atoms with Crippen molar-refractivity contribution in [3.05, 3.63) is 217 Å². The molecule has 0 saturated heterocycles. The standard InChI is InChI=1S/C57H40N2/c1-57(2)51-26-14-25-49(55(51)50-34-41-19-9-10-20-42(41)35-52(50)57)48-32-31-45(46-23-11-12-24-47(46)48)43-21-13-22-44(33-43)54-36-53(58-56(59-54)40-17-7-4-8-18-40)39-29-27-38(28-30-39)37-15-5-3-6-16-37/h3-36H,1-2H3. The lowest BCUT2D eigenvalue weighted by atomic mass is 9.81. The van der Waals surface area contributed by atoms with Gasteiger partial charge in [-0.25, -0.2) is 9.97 Å². The first-order valence-electron chi connectivity index (χ1n) is 20.4. The van der Waals surface area contributed by atoms with Crippen molar-refractivity contribution < 1.29 is 0 Å². The molecular weight excluding hydrogens is 713 g/mol. The average molecular weight is 753 g/mol. The minimum Gasteiger partial charge on any atom is -0.228 e. The van der Waals surface area contributed by atoms with E-state index in [9.17, 15) is 0 Å². The van der Waals surface area contributed by atoms with Gasteiger partial charge in [-0.05, 0) is 101 Å². The maximum Gasteiger partial charge on any atom is 0.160 e. The summed E-state index contributed by atoms with van der Waals surface area (Å²) in [5, 5.41) is 5.03. The lowest BCUT2D eigenvalue weighted by molar-refractivity contribution is 0.661. The molecule has 11 rings (SSSR count). The Morgan fingerprint density at radius 2 is 0.864 bits per heavy atom. The molecule has 9 aromatic carbocycles. The van der Waals surface area contributed by atoms with Gasteiger partial charge in [0.1, 0.15) is 0 Å². The molecular formula is C57H40N2. The zero-order valence-electron chi connectivity index (χ0n) is 33.0. The number of benzene rings is 9. The van der Waals surface area contributed by atoms with Crippen LogP contribution in [0.1, 0.15) is 25.0 Å². The van der Waals surface area contributed by atoms with Gasteiger partial charge in [-0.2, -0.15) is 0 Å². The molecule has 0 bridgehead atoms. The van der Waals surface area contributed by atoms with Crippen LogP contribution in [0.5, 0.6) is 0 Å². The second-order valence-corrected chi connectivity index (χ2v) is 16.2. The van der Waals surface area contributed by atoms with Crippen LogP contribution in [-0.2, 0) is 5.41 Å². The van der Waals surface area contributed by atoms with E-state index in [1.54, 1.807) is 0 Å². The molecule has 0 fully saturated rings. The van der Waals surface area contributed by atoms with Crippen LogP contribution in [0.25, 0.3) is 100.0 Å². The second kappa shape index (κ2) is 13.9. The molecule has 0 aliphatic heterocycles. The lowest BCUT2D eigenvalue weighted by Gasteiger charge is -2.22. The minimum absolute atomic E-state index is 0.103. The summed E-state index contributed by atoms with van der Waals surface area (Å²) in [5.74, 6) is 0.707. The number of hydrogen-bond acceptors (Lipinski definition) is 2. The van der Waals surface area contributed by atoms with Crippen molar-refractivity contribution in [2.75, 3.05) is 0 Å². The van der Waals surface area contributed by atoms with Crippen LogP contribution in [0.15, 0.2) is 206 Å². The van der Waals surface area contributed by atoms with Gasteiger partial charge in [-0.1, -0.05) is 196 Å². The van der Waals surface area contributed by atoms with E-state index in [2.05, 4.69) is 202 Å². The van der Waals surface area contributed by atoms with Crippen LogP contribution in [-0.4, -0.2) is 9.97 Å². The fraction of sp³-hybridized carbons (Fsp3) is 0.0526. The minimum atomic E-state index is -0.103. The highest BCUT2D eigenvalue weighted by Crippen LogP contribution is 2.54. The Hall–Kier alpha value is -7.42. The van der Waals surface area contributed by atoms with Crippen LogP contribution in [0, 0.1) is 0 Å². The van der Waals surface area contributed by atoms with E-state index in [-0.39, 0.29) is 5.41 Å². The van der Waals surface area contributed by atoms with E-state index in [0.717, 1.165) is 33.6 Å². The predicted octanol–water partition coefficient (Wildman–Crippen LogP) is 15.1. The molecule has 1 aliphatic carbocycles. The summed E-state index contributed by atoms with van der Waals surface area (Å²) in [6.07, 6.45) is 0. The summed E-state index contributed by atoms with van der Waals surface area (Å²) in [6.45, 7) is 4.74. The van der Waals surface area contributed by atoms with E-state index in [1.165, 1.54) is 71.6 Å². The Kier molecular flexibility index (Phi) is 8.20.